The van der Waals surface area contributed by atoms with E-state index in [9.17, 15) is 9.59 Å². The maximum atomic E-state index is 12.7. The van der Waals surface area contributed by atoms with Crippen molar-refractivity contribution < 1.29 is 9.59 Å². The monoisotopic (exact) mass is 329 g/mol. The standard InChI is InChI=1S/C17H23N5O2/c1-11(18)16(23)21-22-14-10-6-5-9-13(14)20-15(22)17(24)19-12-7-3-2-4-8-12/h5-6,9-12H,2-4,7-8,18H2,1H3,(H,19,24)(H,21,23). The number of nitrogens with two attached hydrogens (primary N) is 1. The molecule has 0 radical (unpaired) electrons. The molecule has 0 spiro atoms. The van der Waals surface area contributed by atoms with Gasteiger partial charge in [0.25, 0.3) is 11.8 Å². The van der Waals surface area contributed by atoms with Crippen molar-refractivity contribution in [3.05, 3.63) is 30.1 Å². The van der Waals surface area contributed by atoms with Gasteiger partial charge in [-0.2, -0.15) is 0 Å². The number of aromatic nitrogens is 2. The zero-order chi connectivity index (χ0) is 17.1. The zero-order valence-electron chi connectivity index (χ0n) is 13.8. The highest BCUT2D eigenvalue weighted by Crippen LogP contribution is 2.19. The van der Waals surface area contributed by atoms with Crippen molar-refractivity contribution in [3.8, 4) is 0 Å². The van der Waals surface area contributed by atoms with Gasteiger partial charge in [0.05, 0.1) is 17.1 Å². The van der Waals surface area contributed by atoms with Gasteiger partial charge in [-0.15, -0.1) is 0 Å². The molecule has 1 unspecified atom stereocenters. The molecule has 2 amide bonds. The Bertz CT molecular complexity index is 747. The van der Waals surface area contributed by atoms with Crippen LogP contribution in [0.4, 0.5) is 0 Å². The largest absolute Gasteiger partial charge is 0.347 e. The third kappa shape index (κ3) is 3.41. The maximum absolute atomic E-state index is 12.7. The molecule has 1 aromatic heterocycles. The van der Waals surface area contributed by atoms with Gasteiger partial charge in [-0.25, -0.2) is 9.66 Å². The van der Waals surface area contributed by atoms with Crippen molar-refractivity contribution in [2.24, 2.45) is 5.73 Å². The Morgan fingerprint density at radius 1 is 1.25 bits per heavy atom. The lowest BCUT2D eigenvalue weighted by Crippen LogP contribution is -2.41. The van der Waals surface area contributed by atoms with Crippen molar-refractivity contribution in [1.29, 1.82) is 0 Å². The summed E-state index contributed by atoms with van der Waals surface area (Å²) in [4.78, 5) is 29.1. The summed E-state index contributed by atoms with van der Waals surface area (Å²) in [6.45, 7) is 1.59. The van der Waals surface area contributed by atoms with Gasteiger partial charge in [0.1, 0.15) is 0 Å². The number of nitrogens with one attached hydrogen (secondary N) is 2. The van der Waals surface area contributed by atoms with Gasteiger partial charge in [0.2, 0.25) is 5.82 Å². The Morgan fingerprint density at radius 3 is 2.67 bits per heavy atom. The first kappa shape index (κ1) is 16.4. The minimum atomic E-state index is -0.680. The molecule has 1 fully saturated rings. The molecule has 1 aliphatic rings. The van der Waals surface area contributed by atoms with Crippen molar-refractivity contribution in [1.82, 2.24) is 15.0 Å². The third-order valence-corrected chi connectivity index (χ3v) is 4.34. The first-order valence-corrected chi connectivity index (χ1v) is 8.41. The quantitative estimate of drug-likeness (QED) is 0.791. The van der Waals surface area contributed by atoms with Crippen molar-refractivity contribution in [2.75, 3.05) is 5.43 Å². The van der Waals surface area contributed by atoms with Crippen LogP contribution in [-0.4, -0.2) is 33.6 Å². The molecule has 7 nitrogen and oxygen atoms in total. The van der Waals surface area contributed by atoms with Gasteiger partial charge >= 0.3 is 0 Å². The highest BCUT2D eigenvalue weighted by molar-refractivity contribution is 5.97. The van der Waals surface area contributed by atoms with Gasteiger partial charge in [0, 0.05) is 6.04 Å². The van der Waals surface area contributed by atoms with Crippen LogP contribution < -0.4 is 16.5 Å². The predicted octanol–water partition coefficient (Wildman–Crippen LogP) is 1.52. The molecule has 1 atom stereocenters. The summed E-state index contributed by atoms with van der Waals surface area (Å²) in [6.07, 6.45) is 5.44. The lowest BCUT2D eigenvalue weighted by atomic mass is 9.95. The van der Waals surface area contributed by atoms with E-state index >= 15 is 0 Å². The van der Waals surface area contributed by atoms with E-state index in [1.807, 2.05) is 12.1 Å². The lowest BCUT2D eigenvalue weighted by Gasteiger charge is -2.22. The first-order chi connectivity index (χ1) is 11.6. The molecule has 128 valence electrons. The van der Waals surface area contributed by atoms with Crippen LogP contribution in [0.15, 0.2) is 24.3 Å². The number of carbonyl (C=O) groups is 2. The Labute approximate surface area is 140 Å². The smallest absolute Gasteiger partial charge is 0.289 e. The second kappa shape index (κ2) is 7.00. The van der Waals surface area contributed by atoms with Gasteiger partial charge in [-0.1, -0.05) is 31.4 Å². The van der Waals surface area contributed by atoms with Crippen LogP contribution in [0.3, 0.4) is 0 Å². The van der Waals surface area contributed by atoms with Crippen molar-refractivity contribution in [2.45, 2.75) is 51.1 Å². The van der Waals surface area contributed by atoms with Gasteiger partial charge < -0.3 is 11.1 Å². The average molecular weight is 329 g/mol. The van der Waals surface area contributed by atoms with Crippen LogP contribution in [-0.2, 0) is 4.79 Å². The topological polar surface area (TPSA) is 102 Å². The first-order valence-electron chi connectivity index (χ1n) is 8.41. The fourth-order valence-electron chi connectivity index (χ4n) is 3.00. The molecule has 1 heterocycles. The number of para-hydroxylation sites is 2. The summed E-state index contributed by atoms with van der Waals surface area (Å²) in [6, 6.07) is 6.78. The number of imidazole rings is 1. The molecule has 2 aromatic rings. The Morgan fingerprint density at radius 2 is 1.96 bits per heavy atom. The number of nitrogens with zero attached hydrogens (tertiary/aromatic N) is 2. The number of carbonyl (C=O) groups excluding carboxylic acids is 2. The van der Waals surface area contributed by atoms with Crippen LogP contribution in [0.5, 0.6) is 0 Å². The number of fused-ring (bicyclic) bond motifs is 1. The molecular weight excluding hydrogens is 306 g/mol. The van der Waals surface area contributed by atoms with Crippen LogP contribution >= 0.6 is 0 Å². The normalized spacial score (nSPS) is 16.8. The van der Waals surface area contributed by atoms with E-state index in [-0.39, 0.29) is 23.7 Å². The summed E-state index contributed by atoms with van der Waals surface area (Å²) in [7, 11) is 0. The molecule has 24 heavy (non-hydrogen) atoms. The summed E-state index contributed by atoms with van der Waals surface area (Å²) < 4.78 is 1.43. The van der Waals surface area contributed by atoms with Crippen LogP contribution in [0.2, 0.25) is 0 Å². The second-order valence-electron chi connectivity index (χ2n) is 6.33. The molecule has 1 aliphatic carbocycles. The lowest BCUT2D eigenvalue weighted by molar-refractivity contribution is -0.117. The van der Waals surface area contributed by atoms with Crippen molar-refractivity contribution >= 4 is 22.8 Å². The SMILES string of the molecule is CC(N)C(=O)Nn1c(C(=O)NC2CCCCC2)nc2ccccc21. The molecule has 0 saturated heterocycles. The van der Waals surface area contributed by atoms with Gasteiger partial charge in [-0.3, -0.25) is 15.0 Å². The zero-order valence-corrected chi connectivity index (χ0v) is 13.8. The van der Waals surface area contributed by atoms with Crippen LogP contribution in [0, 0.1) is 0 Å². The van der Waals surface area contributed by atoms with E-state index in [1.54, 1.807) is 19.1 Å². The van der Waals surface area contributed by atoms with E-state index in [4.69, 9.17) is 5.73 Å². The summed E-state index contributed by atoms with van der Waals surface area (Å²) in [5, 5.41) is 3.03. The number of hydrogen-bond acceptors (Lipinski definition) is 4. The van der Waals surface area contributed by atoms with Crippen LogP contribution in [0.1, 0.15) is 49.6 Å². The molecule has 3 rings (SSSR count). The molecule has 0 bridgehead atoms. The van der Waals surface area contributed by atoms with E-state index in [0.29, 0.717) is 11.0 Å². The number of amides is 2. The highest BCUT2D eigenvalue weighted by atomic mass is 16.2. The molecule has 4 N–H and O–H groups in total. The van der Waals surface area contributed by atoms with Gasteiger partial charge in [0.15, 0.2) is 0 Å². The number of rotatable bonds is 4. The Hall–Kier alpha value is -2.41. The Kier molecular flexibility index (Phi) is 4.80. The fraction of sp³-hybridized carbons (Fsp3) is 0.471. The predicted molar refractivity (Wildman–Crippen MR) is 92.1 cm³/mol. The van der Waals surface area contributed by atoms with Gasteiger partial charge in [-0.05, 0) is 31.9 Å². The number of benzene rings is 1. The van der Waals surface area contributed by atoms with E-state index in [1.165, 1.54) is 11.1 Å². The van der Waals surface area contributed by atoms with E-state index in [0.717, 1.165) is 25.7 Å². The molecule has 1 saturated carbocycles. The minimum absolute atomic E-state index is 0.170. The average Bonchev–Trinajstić information content (AvgIpc) is 2.94. The maximum Gasteiger partial charge on any atom is 0.289 e. The molecule has 7 heteroatoms. The van der Waals surface area contributed by atoms with E-state index < -0.39 is 6.04 Å². The molecule has 1 aromatic carbocycles. The summed E-state index contributed by atoms with van der Waals surface area (Å²) in [5.41, 5.74) is 9.62. The number of hydrogen-bond donors (Lipinski definition) is 3. The molecule has 0 aliphatic heterocycles. The third-order valence-electron chi connectivity index (χ3n) is 4.34. The van der Waals surface area contributed by atoms with Crippen LogP contribution in [0.25, 0.3) is 11.0 Å². The Balaban J connectivity index is 1.90. The minimum Gasteiger partial charge on any atom is -0.347 e. The fourth-order valence-corrected chi connectivity index (χ4v) is 3.00. The second-order valence-corrected chi connectivity index (χ2v) is 6.33. The van der Waals surface area contributed by atoms with Crippen molar-refractivity contribution in [3.63, 3.8) is 0 Å². The van der Waals surface area contributed by atoms with E-state index in [2.05, 4.69) is 15.7 Å². The summed E-state index contributed by atoms with van der Waals surface area (Å²) >= 11 is 0. The molecular formula is C17H23N5O2. The highest BCUT2D eigenvalue weighted by Gasteiger charge is 2.23. The summed E-state index contributed by atoms with van der Waals surface area (Å²) in [5.74, 6) is -0.469.